The number of nitrogens with one attached hydrogen (secondary N) is 3. The van der Waals surface area contributed by atoms with Crippen molar-refractivity contribution in [2.75, 3.05) is 15.5 Å². The van der Waals surface area contributed by atoms with E-state index in [-0.39, 0.29) is 29.8 Å². The first kappa shape index (κ1) is 23.8. The molecule has 0 saturated heterocycles. The highest BCUT2D eigenvalue weighted by Gasteiger charge is 2.38. The summed E-state index contributed by atoms with van der Waals surface area (Å²) < 4.78 is 0. The van der Waals surface area contributed by atoms with Crippen LogP contribution in [0.15, 0.2) is 48.5 Å². The zero-order valence-corrected chi connectivity index (χ0v) is 19.7. The molecular weight excluding hydrogens is 430 g/mol. The lowest BCUT2D eigenvalue weighted by molar-refractivity contribution is -0.117. The van der Waals surface area contributed by atoms with Crippen LogP contribution in [0, 0.1) is 5.92 Å². The number of rotatable bonds is 5. The third-order valence-corrected chi connectivity index (χ3v) is 6.46. The molecule has 1 fully saturated rings. The number of nitrogens with zero attached hydrogens (tertiary/aromatic N) is 1. The molecule has 2 aromatic carbocycles. The SMILES string of the molecule is CC(C)CC1C(=O)Nc2cc(C(=O)NC3CCCCC3N)ccc2N1C(=O)Nc1ccccc1. The topological polar surface area (TPSA) is 117 Å². The molecule has 4 amide bonds. The van der Waals surface area contributed by atoms with Crippen molar-refractivity contribution in [2.45, 2.75) is 64.1 Å². The van der Waals surface area contributed by atoms with Gasteiger partial charge in [-0.25, -0.2) is 4.79 Å². The Morgan fingerprint density at radius 1 is 1.12 bits per heavy atom. The molecule has 1 saturated carbocycles. The second-order valence-corrected chi connectivity index (χ2v) is 9.56. The van der Waals surface area contributed by atoms with E-state index in [2.05, 4.69) is 16.0 Å². The maximum atomic E-state index is 13.3. The summed E-state index contributed by atoms with van der Waals surface area (Å²) in [5, 5.41) is 8.83. The van der Waals surface area contributed by atoms with E-state index < -0.39 is 12.1 Å². The molecule has 8 nitrogen and oxygen atoms in total. The Morgan fingerprint density at radius 2 is 1.85 bits per heavy atom. The molecule has 8 heteroatoms. The summed E-state index contributed by atoms with van der Waals surface area (Å²) >= 11 is 0. The quantitative estimate of drug-likeness (QED) is 0.534. The monoisotopic (exact) mass is 463 g/mol. The Labute approximate surface area is 200 Å². The van der Waals surface area contributed by atoms with E-state index in [1.54, 1.807) is 30.3 Å². The predicted octanol–water partition coefficient (Wildman–Crippen LogP) is 4.09. The van der Waals surface area contributed by atoms with Gasteiger partial charge >= 0.3 is 6.03 Å². The maximum absolute atomic E-state index is 13.3. The molecule has 1 aliphatic carbocycles. The van der Waals surface area contributed by atoms with Crippen LogP contribution in [0.2, 0.25) is 0 Å². The van der Waals surface area contributed by atoms with Gasteiger partial charge in [-0.3, -0.25) is 14.5 Å². The molecule has 3 unspecified atom stereocenters. The number of fused-ring (bicyclic) bond motifs is 1. The Balaban J connectivity index is 1.61. The predicted molar refractivity (Wildman–Crippen MR) is 134 cm³/mol. The number of hydrogen-bond donors (Lipinski definition) is 4. The molecule has 2 aliphatic rings. The van der Waals surface area contributed by atoms with E-state index in [0.29, 0.717) is 29.0 Å². The van der Waals surface area contributed by atoms with E-state index in [1.807, 2.05) is 32.0 Å². The van der Waals surface area contributed by atoms with Gasteiger partial charge in [-0.1, -0.05) is 44.9 Å². The second-order valence-electron chi connectivity index (χ2n) is 9.56. The molecule has 2 aromatic rings. The first-order valence-electron chi connectivity index (χ1n) is 12.0. The van der Waals surface area contributed by atoms with Crippen molar-refractivity contribution in [3.05, 3.63) is 54.1 Å². The van der Waals surface area contributed by atoms with Gasteiger partial charge in [0.25, 0.3) is 5.91 Å². The zero-order valence-electron chi connectivity index (χ0n) is 19.7. The molecule has 5 N–H and O–H groups in total. The van der Waals surface area contributed by atoms with Crippen LogP contribution in [-0.2, 0) is 4.79 Å². The van der Waals surface area contributed by atoms with E-state index in [1.165, 1.54) is 4.90 Å². The molecule has 4 rings (SSSR count). The summed E-state index contributed by atoms with van der Waals surface area (Å²) in [7, 11) is 0. The van der Waals surface area contributed by atoms with Crippen molar-refractivity contribution in [3.8, 4) is 0 Å². The fourth-order valence-corrected chi connectivity index (χ4v) is 4.69. The normalized spacial score (nSPS) is 22.1. The van der Waals surface area contributed by atoms with Crippen LogP contribution in [0.1, 0.15) is 56.3 Å². The number of hydrogen-bond acceptors (Lipinski definition) is 4. The summed E-state index contributed by atoms with van der Waals surface area (Å²) in [5.41, 5.74) is 8.24. The third kappa shape index (κ3) is 5.22. The molecule has 180 valence electrons. The minimum Gasteiger partial charge on any atom is -0.348 e. The number of benzene rings is 2. The van der Waals surface area contributed by atoms with Crippen LogP contribution in [0.3, 0.4) is 0 Å². The van der Waals surface area contributed by atoms with Gasteiger partial charge < -0.3 is 21.7 Å². The van der Waals surface area contributed by atoms with Gasteiger partial charge in [-0.05, 0) is 55.5 Å². The Kier molecular flexibility index (Phi) is 7.17. The molecule has 1 heterocycles. The van der Waals surface area contributed by atoms with Crippen molar-refractivity contribution in [2.24, 2.45) is 11.7 Å². The van der Waals surface area contributed by atoms with Gasteiger partial charge in [0, 0.05) is 23.3 Å². The number of para-hydroxylation sites is 1. The number of carbonyl (C=O) groups is 3. The second kappa shape index (κ2) is 10.3. The highest BCUT2D eigenvalue weighted by atomic mass is 16.2. The van der Waals surface area contributed by atoms with Gasteiger partial charge in [-0.15, -0.1) is 0 Å². The lowest BCUT2D eigenvalue weighted by atomic mass is 9.91. The van der Waals surface area contributed by atoms with Crippen LogP contribution in [-0.4, -0.2) is 36.0 Å². The highest BCUT2D eigenvalue weighted by Crippen LogP contribution is 2.35. The number of amides is 4. The maximum Gasteiger partial charge on any atom is 0.327 e. The summed E-state index contributed by atoms with van der Waals surface area (Å²) in [5.74, 6) is -0.297. The Morgan fingerprint density at radius 3 is 2.56 bits per heavy atom. The number of urea groups is 1. The molecule has 0 aromatic heterocycles. The number of anilines is 3. The van der Waals surface area contributed by atoms with E-state index in [0.717, 1.165) is 25.7 Å². The smallest absolute Gasteiger partial charge is 0.327 e. The first-order chi connectivity index (χ1) is 16.3. The summed E-state index contributed by atoms with van der Waals surface area (Å²) in [6.07, 6.45) is 4.39. The first-order valence-corrected chi connectivity index (χ1v) is 12.0. The molecule has 0 spiro atoms. The highest BCUT2D eigenvalue weighted by molar-refractivity contribution is 6.15. The van der Waals surface area contributed by atoms with Crippen LogP contribution >= 0.6 is 0 Å². The molecule has 0 radical (unpaired) electrons. The minimum atomic E-state index is -0.656. The van der Waals surface area contributed by atoms with Gasteiger partial charge in [0.1, 0.15) is 6.04 Å². The van der Waals surface area contributed by atoms with Crippen LogP contribution in [0.5, 0.6) is 0 Å². The van der Waals surface area contributed by atoms with Crippen LogP contribution in [0.25, 0.3) is 0 Å². The summed E-state index contributed by atoms with van der Waals surface area (Å²) in [6.45, 7) is 4.03. The van der Waals surface area contributed by atoms with Gasteiger partial charge in [0.05, 0.1) is 11.4 Å². The van der Waals surface area contributed by atoms with E-state index in [4.69, 9.17) is 5.73 Å². The van der Waals surface area contributed by atoms with Crippen LogP contribution in [0.4, 0.5) is 21.9 Å². The van der Waals surface area contributed by atoms with Crippen molar-refractivity contribution in [1.29, 1.82) is 0 Å². The molecular formula is C26H33N5O3. The average molecular weight is 464 g/mol. The minimum absolute atomic E-state index is 0.0519. The van der Waals surface area contributed by atoms with E-state index in [9.17, 15) is 14.4 Å². The van der Waals surface area contributed by atoms with Gasteiger partial charge in [0.15, 0.2) is 0 Å². The van der Waals surface area contributed by atoms with E-state index >= 15 is 0 Å². The molecule has 34 heavy (non-hydrogen) atoms. The number of nitrogens with two attached hydrogens (primary N) is 1. The number of carbonyl (C=O) groups excluding carboxylic acids is 3. The van der Waals surface area contributed by atoms with Crippen molar-refractivity contribution < 1.29 is 14.4 Å². The van der Waals surface area contributed by atoms with Crippen molar-refractivity contribution in [3.63, 3.8) is 0 Å². The Hall–Kier alpha value is -3.39. The lowest BCUT2D eigenvalue weighted by Gasteiger charge is -2.37. The molecule has 0 bridgehead atoms. The summed E-state index contributed by atoms with van der Waals surface area (Å²) in [4.78, 5) is 40.8. The fourth-order valence-electron chi connectivity index (χ4n) is 4.69. The van der Waals surface area contributed by atoms with Crippen molar-refractivity contribution >= 4 is 34.9 Å². The average Bonchev–Trinajstić information content (AvgIpc) is 2.81. The summed E-state index contributed by atoms with van der Waals surface area (Å²) in [6, 6.07) is 13.0. The molecule has 1 aliphatic heterocycles. The zero-order chi connectivity index (χ0) is 24.2. The largest absolute Gasteiger partial charge is 0.348 e. The van der Waals surface area contributed by atoms with Crippen molar-refractivity contribution in [1.82, 2.24) is 5.32 Å². The van der Waals surface area contributed by atoms with Gasteiger partial charge in [0.2, 0.25) is 5.91 Å². The third-order valence-electron chi connectivity index (χ3n) is 6.46. The standard InChI is InChI=1S/C26H33N5O3/c1-16(2)14-23-25(33)30-21-15-17(24(32)29-20-11-7-6-10-19(20)27)12-13-22(21)31(23)26(34)28-18-8-4-3-5-9-18/h3-5,8-9,12-13,15-16,19-20,23H,6-7,10-11,14,27H2,1-2H3,(H,28,34)(H,29,32)(H,30,33). The van der Waals surface area contributed by atoms with Crippen LogP contribution < -0.4 is 26.6 Å². The lowest BCUT2D eigenvalue weighted by Crippen LogP contribution is -2.53. The molecule has 3 atom stereocenters. The Bertz CT molecular complexity index is 1060. The van der Waals surface area contributed by atoms with Gasteiger partial charge in [-0.2, -0.15) is 0 Å². The fraction of sp³-hybridized carbons (Fsp3) is 0.423.